The molecular weight excluding hydrogens is 268 g/mol. The Balaban J connectivity index is 2.45. The van der Waals surface area contributed by atoms with E-state index < -0.39 is 6.23 Å². The van der Waals surface area contributed by atoms with E-state index in [1.807, 2.05) is 0 Å². The van der Waals surface area contributed by atoms with Gasteiger partial charge in [0, 0.05) is 19.4 Å². The molecule has 9 nitrogen and oxygen atoms in total. The van der Waals surface area contributed by atoms with E-state index in [0.29, 0.717) is 19.4 Å². The zero-order chi connectivity index (χ0) is 15.1. The Labute approximate surface area is 116 Å². The third-order valence-corrected chi connectivity index (χ3v) is 2.91. The Morgan fingerprint density at radius 2 is 2.05 bits per heavy atom. The van der Waals surface area contributed by atoms with E-state index in [2.05, 4.69) is 5.28 Å². The number of carbonyl (C=O) groups excluding carboxylic acids is 2. The van der Waals surface area contributed by atoms with Gasteiger partial charge in [-0.3, -0.25) is 9.59 Å². The minimum absolute atomic E-state index is 0.0660. The van der Waals surface area contributed by atoms with Crippen LogP contribution in [0.15, 0.2) is 5.28 Å². The van der Waals surface area contributed by atoms with Crippen molar-refractivity contribution in [2.75, 3.05) is 20.2 Å². The van der Waals surface area contributed by atoms with Gasteiger partial charge < -0.3 is 15.2 Å². The van der Waals surface area contributed by atoms with E-state index >= 15 is 0 Å². The summed E-state index contributed by atoms with van der Waals surface area (Å²) in [7, 11) is 1.52. The topological polar surface area (TPSA) is 109 Å². The number of aliphatic hydroxyl groups is 1. The van der Waals surface area contributed by atoms with Crippen LogP contribution in [-0.2, 0) is 14.4 Å². The number of unbranched alkanes of at least 4 members (excludes halogenated alkanes) is 1. The minimum atomic E-state index is -0.903. The van der Waals surface area contributed by atoms with Crippen molar-refractivity contribution in [2.45, 2.75) is 38.8 Å². The lowest BCUT2D eigenvalue weighted by Gasteiger charge is -2.19. The number of carbonyl (C=O) groups is 2. The summed E-state index contributed by atoms with van der Waals surface area (Å²) in [6.45, 7) is 1.95. The van der Waals surface area contributed by atoms with Gasteiger partial charge >= 0.3 is 0 Å². The molecule has 1 atom stereocenters. The summed E-state index contributed by atoms with van der Waals surface area (Å²) in [6, 6.07) is 0. The van der Waals surface area contributed by atoms with Gasteiger partial charge in [0.2, 0.25) is 23.3 Å². The van der Waals surface area contributed by atoms with Crippen LogP contribution < -0.4 is 0 Å². The molecule has 0 aliphatic carbocycles. The molecule has 1 rings (SSSR count). The summed E-state index contributed by atoms with van der Waals surface area (Å²) in [5.41, 5.74) is 0. The third-order valence-electron chi connectivity index (χ3n) is 2.91. The second kappa shape index (κ2) is 7.63. The second-order valence-corrected chi connectivity index (χ2v) is 4.51. The molecular formula is C11H20N4O5. The number of hydrogen-bond acceptors (Lipinski definition) is 6. The van der Waals surface area contributed by atoms with Gasteiger partial charge in [-0.2, -0.15) is 0 Å². The van der Waals surface area contributed by atoms with E-state index in [4.69, 9.17) is 9.94 Å². The first-order valence-electron chi connectivity index (χ1n) is 6.48. The normalized spacial score (nSPS) is 17.6. The van der Waals surface area contributed by atoms with E-state index in [0.717, 1.165) is 4.90 Å². The first kappa shape index (κ1) is 16.2. The fourth-order valence-electron chi connectivity index (χ4n) is 1.76. The van der Waals surface area contributed by atoms with Gasteiger partial charge in [0.25, 0.3) is 0 Å². The highest BCUT2D eigenvalue weighted by atomic mass is 16.7. The Morgan fingerprint density at radius 3 is 2.60 bits per heavy atom. The zero-order valence-electron chi connectivity index (χ0n) is 11.7. The molecule has 2 amide bonds. The molecule has 9 heteroatoms. The highest BCUT2D eigenvalue weighted by Crippen LogP contribution is 2.16. The molecule has 0 radical (unpaired) electrons. The van der Waals surface area contributed by atoms with Crippen LogP contribution in [0.3, 0.4) is 0 Å². The Bertz CT molecular complexity index is 371. The maximum Gasteiger partial charge on any atom is 0.235 e. The van der Waals surface area contributed by atoms with Gasteiger partial charge in [-0.05, 0) is 19.8 Å². The lowest BCUT2D eigenvalue weighted by Crippen LogP contribution is -2.39. The Morgan fingerprint density at radius 1 is 1.45 bits per heavy atom. The summed E-state index contributed by atoms with van der Waals surface area (Å²) < 4.78 is 0. The molecule has 0 aromatic carbocycles. The summed E-state index contributed by atoms with van der Waals surface area (Å²) in [5.74, 6) is -0.655. The van der Waals surface area contributed by atoms with Crippen LogP contribution in [0.5, 0.6) is 0 Å². The summed E-state index contributed by atoms with van der Waals surface area (Å²) in [4.78, 5) is 29.0. The highest BCUT2D eigenvalue weighted by molar-refractivity contribution is 6.02. The van der Waals surface area contributed by atoms with Crippen molar-refractivity contribution in [3.63, 3.8) is 0 Å². The van der Waals surface area contributed by atoms with Crippen molar-refractivity contribution in [2.24, 2.45) is 5.28 Å². The number of amides is 2. The second-order valence-electron chi connectivity index (χ2n) is 4.51. The van der Waals surface area contributed by atoms with Gasteiger partial charge in [0.1, 0.15) is 0 Å². The molecule has 0 aromatic rings. The quantitative estimate of drug-likeness (QED) is 0.221. The molecule has 0 aromatic heterocycles. The molecule has 1 aliphatic rings. The van der Waals surface area contributed by atoms with Crippen LogP contribution >= 0.6 is 0 Å². The predicted molar refractivity (Wildman–Crippen MR) is 66.6 cm³/mol. The minimum Gasteiger partial charge on any atom is -0.569 e. The predicted octanol–water partition coefficient (Wildman–Crippen LogP) is -0.00520. The van der Waals surface area contributed by atoms with E-state index in [9.17, 15) is 14.8 Å². The first-order valence-corrected chi connectivity index (χ1v) is 6.48. The largest absolute Gasteiger partial charge is 0.569 e. The van der Waals surface area contributed by atoms with Gasteiger partial charge in [0.05, 0.1) is 18.6 Å². The third kappa shape index (κ3) is 4.34. The maximum atomic E-state index is 11.5. The molecule has 0 bridgehead atoms. The number of rotatable bonds is 8. The molecule has 20 heavy (non-hydrogen) atoms. The van der Waals surface area contributed by atoms with Gasteiger partial charge in [-0.25, -0.2) is 4.90 Å². The summed E-state index contributed by atoms with van der Waals surface area (Å²) in [6.07, 6.45) is 0.648. The fraction of sp³-hybridized carbons (Fsp3) is 0.818. The maximum absolute atomic E-state index is 11.5. The van der Waals surface area contributed by atoms with Crippen molar-refractivity contribution in [1.29, 1.82) is 0 Å². The molecule has 0 saturated carbocycles. The molecule has 114 valence electrons. The van der Waals surface area contributed by atoms with Crippen LogP contribution in [0.1, 0.15) is 32.6 Å². The molecule has 1 unspecified atom stereocenters. The van der Waals surface area contributed by atoms with Crippen molar-refractivity contribution in [3.05, 3.63) is 5.21 Å². The number of nitrogens with zero attached hydrogens (tertiary/aromatic N) is 4. The van der Waals surface area contributed by atoms with Crippen molar-refractivity contribution in [1.82, 2.24) is 9.91 Å². The monoisotopic (exact) mass is 288 g/mol. The van der Waals surface area contributed by atoms with E-state index in [-0.39, 0.29) is 36.2 Å². The lowest BCUT2D eigenvalue weighted by atomic mass is 10.3. The first-order chi connectivity index (χ1) is 9.47. The average molecular weight is 288 g/mol. The number of likely N-dealkylation sites (tertiary alicyclic amines) is 1. The smallest absolute Gasteiger partial charge is 0.235 e. The molecule has 1 heterocycles. The number of hydrazine groups is 1. The number of imide groups is 1. The van der Waals surface area contributed by atoms with E-state index in [1.165, 1.54) is 19.0 Å². The Kier molecular flexibility index (Phi) is 6.16. The highest BCUT2D eigenvalue weighted by Gasteiger charge is 2.34. The van der Waals surface area contributed by atoms with Crippen LogP contribution in [0.4, 0.5) is 0 Å². The molecule has 1 fully saturated rings. The molecule has 1 saturated heterocycles. The summed E-state index contributed by atoms with van der Waals surface area (Å²) >= 11 is 0. The summed E-state index contributed by atoms with van der Waals surface area (Å²) in [5, 5.41) is 24.7. The van der Waals surface area contributed by atoms with Crippen molar-refractivity contribution < 1.29 is 24.5 Å². The van der Waals surface area contributed by atoms with Crippen LogP contribution in [0.25, 0.3) is 0 Å². The van der Waals surface area contributed by atoms with Gasteiger partial charge in [0.15, 0.2) is 0 Å². The number of hydrogen-bond donors (Lipinski definition) is 1. The molecule has 1 N–H and O–H groups in total. The Hall–Kier alpha value is -1.90. The van der Waals surface area contributed by atoms with Gasteiger partial charge in [-0.1, -0.05) is 0 Å². The van der Waals surface area contributed by atoms with Crippen LogP contribution in [-0.4, -0.2) is 58.2 Å². The molecule has 1 aliphatic heterocycles. The van der Waals surface area contributed by atoms with Crippen molar-refractivity contribution >= 4 is 11.8 Å². The zero-order valence-corrected chi connectivity index (χ0v) is 11.7. The average Bonchev–Trinajstić information content (AvgIpc) is 2.75. The SMILES string of the molecule is CC(ON=[N+]([O-])N(C)CCCCO)N1C(=O)CCC1=O. The fourth-order valence-corrected chi connectivity index (χ4v) is 1.76. The standard InChI is InChI=1S/C11H20N4O5/c1-9(14-10(17)5-6-11(14)18)20-12-15(19)13(2)7-3-4-8-16/h9,16H,3-8H2,1-2H3. The van der Waals surface area contributed by atoms with Crippen LogP contribution in [0, 0.1) is 5.21 Å². The lowest BCUT2D eigenvalue weighted by molar-refractivity contribution is -0.707. The van der Waals surface area contributed by atoms with Crippen LogP contribution in [0.2, 0.25) is 0 Å². The van der Waals surface area contributed by atoms with Crippen molar-refractivity contribution in [3.8, 4) is 0 Å². The number of aliphatic hydroxyl groups excluding tert-OH is 1. The van der Waals surface area contributed by atoms with E-state index in [1.54, 1.807) is 0 Å². The molecule has 0 spiro atoms. The van der Waals surface area contributed by atoms with Gasteiger partial charge in [-0.15, -0.1) is 5.01 Å².